The number of para-hydroxylation sites is 2. The molecule has 0 bridgehead atoms. The van der Waals surface area contributed by atoms with Crippen LogP contribution in [-0.4, -0.2) is 86.9 Å². The van der Waals surface area contributed by atoms with Crippen molar-refractivity contribution < 1.29 is 29.3 Å². The van der Waals surface area contributed by atoms with Gasteiger partial charge in [-0.05, 0) is 44.2 Å². The molecule has 2 heterocycles. The molecule has 1 aromatic heterocycles. The number of piperidine rings is 1. The fourth-order valence-electron chi connectivity index (χ4n) is 4.80. The molecule has 10 heteroatoms. The first-order valence-corrected chi connectivity index (χ1v) is 12.0. The van der Waals surface area contributed by atoms with E-state index in [2.05, 4.69) is 4.98 Å². The number of imidazole rings is 1. The van der Waals surface area contributed by atoms with Crippen molar-refractivity contribution >= 4 is 29.0 Å². The van der Waals surface area contributed by atoms with E-state index in [4.69, 9.17) is 4.74 Å². The fourth-order valence-corrected chi connectivity index (χ4v) is 4.80. The molecule has 1 aromatic carbocycles. The fraction of sp³-hybridized carbons (Fsp3) is 0.600. The number of carboxylic acids is 1. The number of nitrogens with zero attached hydrogens (tertiary/aromatic N) is 4. The molecule has 2 N–H and O–H groups in total. The van der Waals surface area contributed by atoms with Crippen molar-refractivity contribution in [3.8, 4) is 0 Å². The maximum absolute atomic E-state index is 14.0. The Morgan fingerprint density at radius 3 is 2.57 bits per heavy atom. The first-order valence-electron chi connectivity index (χ1n) is 12.0. The summed E-state index contributed by atoms with van der Waals surface area (Å²) in [6.07, 6.45) is 0.605. The quantitative estimate of drug-likeness (QED) is 0.491. The predicted molar refractivity (Wildman–Crippen MR) is 130 cm³/mol. The number of carbonyl (C=O) groups excluding carboxylic acids is 1. The summed E-state index contributed by atoms with van der Waals surface area (Å²) >= 11 is 0. The van der Waals surface area contributed by atoms with Crippen molar-refractivity contribution in [1.82, 2.24) is 19.4 Å². The summed E-state index contributed by atoms with van der Waals surface area (Å²) in [5.41, 5.74) is 0.263. The molecule has 3 rings (SSSR count). The number of rotatable bonds is 10. The lowest BCUT2D eigenvalue weighted by Crippen LogP contribution is -2.59. The molecule has 0 saturated carbocycles. The molecule has 192 valence electrons. The van der Waals surface area contributed by atoms with Crippen molar-refractivity contribution in [2.75, 3.05) is 33.4 Å². The van der Waals surface area contributed by atoms with E-state index in [1.54, 1.807) is 18.9 Å². The molecular formula is C25H36N4O6. The molecule has 2 aromatic rings. The number of carbonyl (C=O) groups is 3. The van der Waals surface area contributed by atoms with E-state index >= 15 is 0 Å². The molecule has 2 amide bonds. The molecule has 0 unspecified atom stereocenters. The van der Waals surface area contributed by atoms with Crippen molar-refractivity contribution in [2.24, 2.45) is 11.3 Å². The maximum Gasteiger partial charge on any atom is 0.407 e. The minimum Gasteiger partial charge on any atom is -0.481 e. The van der Waals surface area contributed by atoms with Gasteiger partial charge in [0.2, 0.25) is 0 Å². The Labute approximate surface area is 205 Å². The molecule has 0 spiro atoms. The van der Waals surface area contributed by atoms with Crippen molar-refractivity contribution in [2.45, 2.75) is 52.6 Å². The summed E-state index contributed by atoms with van der Waals surface area (Å²) in [6, 6.07) is 6.97. The van der Waals surface area contributed by atoms with E-state index in [1.165, 1.54) is 0 Å². The van der Waals surface area contributed by atoms with Crippen LogP contribution >= 0.6 is 0 Å². The molecule has 35 heavy (non-hydrogen) atoms. The summed E-state index contributed by atoms with van der Waals surface area (Å²) in [6.45, 7) is 7.00. The van der Waals surface area contributed by atoms with Gasteiger partial charge in [-0.2, -0.15) is 0 Å². The summed E-state index contributed by atoms with van der Waals surface area (Å²) < 4.78 is 7.07. The summed E-state index contributed by atoms with van der Waals surface area (Å²) in [4.78, 5) is 45.3. The smallest absolute Gasteiger partial charge is 0.407 e. The summed E-state index contributed by atoms with van der Waals surface area (Å²) in [5.74, 6) is -1.01. The van der Waals surface area contributed by atoms with Crippen LogP contribution in [0.2, 0.25) is 0 Å². The topological polar surface area (TPSA) is 125 Å². The highest BCUT2D eigenvalue weighted by Crippen LogP contribution is 2.33. The minimum absolute atomic E-state index is 0.0602. The van der Waals surface area contributed by atoms with Crippen molar-refractivity contribution in [1.29, 1.82) is 0 Å². The van der Waals surface area contributed by atoms with E-state index < -0.39 is 23.5 Å². The second kappa shape index (κ2) is 11.1. The highest BCUT2D eigenvalue weighted by Gasteiger charge is 2.46. The van der Waals surface area contributed by atoms with Gasteiger partial charge < -0.3 is 29.3 Å². The monoisotopic (exact) mass is 488 g/mol. The van der Waals surface area contributed by atoms with Gasteiger partial charge in [0, 0.05) is 39.9 Å². The molecule has 1 saturated heterocycles. The van der Waals surface area contributed by atoms with Gasteiger partial charge in [-0.3, -0.25) is 9.59 Å². The number of aliphatic carboxylic acids is 1. The number of hydrogen-bond donors (Lipinski definition) is 2. The van der Waals surface area contributed by atoms with Crippen LogP contribution in [-0.2, 0) is 16.1 Å². The number of amides is 2. The van der Waals surface area contributed by atoms with E-state index in [9.17, 15) is 24.6 Å². The molecule has 1 aliphatic rings. The standard InChI is InChI=1S/C25H36N4O6/c1-17(2)14-29(18-13-25(3,23(31)32)16-27(15-18)24(33)34)22(30)21-26-19-9-5-6-10-20(19)28(21)11-7-8-12-35-4/h5-6,9-10,17-18H,7-8,11-16H2,1-4H3,(H,31,32)(H,33,34)/t18-,25+/m0/s1. The molecule has 1 aliphatic heterocycles. The van der Waals surface area contributed by atoms with Gasteiger partial charge in [0.15, 0.2) is 5.82 Å². The summed E-state index contributed by atoms with van der Waals surface area (Å²) in [7, 11) is 1.65. The van der Waals surface area contributed by atoms with Crippen molar-refractivity contribution in [3.63, 3.8) is 0 Å². The van der Waals surface area contributed by atoms with Crippen LogP contribution in [0, 0.1) is 11.3 Å². The van der Waals surface area contributed by atoms with E-state index in [0.29, 0.717) is 25.2 Å². The highest BCUT2D eigenvalue weighted by atomic mass is 16.5. The number of aromatic nitrogens is 2. The second-order valence-electron chi connectivity index (χ2n) is 10.0. The van der Waals surface area contributed by atoms with E-state index in [0.717, 1.165) is 23.3 Å². The van der Waals surface area contributed by atoms with Gasteiger partial charge in [-0.1, -0.05) is 26.0 Å². The number of likely N-dealkylation sites (tertiary alicyclic amines) is 1. The predicted octanol–water partition coefficient (Wildman–Crippen LogP) is 3.40. The first-order chi connectivity index (χ1) is 16.6. The number of hydrogen-bond acceptors (Lipinski definition) is 5. The SMILES string of the molecule is COCCCCn1c(C(=O)N(CC(C)C)[C@@H]2CN(C(=O)O)C[C@](C)(C(=O)O)C2)nc2ccccc21. The van der Waals surface area contributed by atoms with Crippen LogP contribution < -0.4 is 0 Å². The average Bonchev–Trinajstić information content (AvgIpc) is 3.18. The molecule has 1 fully saturated rings. The molecular weight excluding hydrogens is 452 g/mol. The lowest BCUT2D eigenvalue weighted by molar-refractivity contribution is -0.152. The molecule has 0 radical (unpaired) electrons. The number of unbranched alkanes of at least 4 members (excludes halogenated alkanes) is 1. The zero-order valence-electron chi connectivity index (χ0n) is 20.9. The molecule has 0 aliphatic carbocycles. The van der Waals surface area contributed by atoms with Gasteiger partial charge in [0.25, 0.3) is 5.91 Å². The number of benzene rings is 1. The Bertz CT molecular complexity index is 1070. The van der Waals surface area contributed by atoms with Crippen LogP contribution in [0.1, 0.15) is 50.7 Å². The number of fused-ring (bicyclic) bond motifs is 1. The van der Waals surface area contributed by atoms with Crippen LogP contribution in [0.25, 0.3) is 11.0 Å². The Kier molecular flexibility index (Phi) is 8.37. The third kappa shape index (κ3) is 5.93. The Balaban J connectivity index is 2.01. The number of aryl methyl sites for hydroxylation is 1. The van der Waals surface area contributed by atoms with Gasteiger partial charge in [-0.25, -0.2) is 9.78 Å². The minimum atomic E-state index is -1.29. The highest BCUT2D eigenvalue weighted by molar-refractivity contribution is 5.95. The third-order valence-electron chi connectivity index (χ3n) is 6.53. The van der Waals surface area contributed by atoms with E-state index in [1.807, 2.05) is 42.7 Å². The summed E-state index contributed by atoms with van der Waals surface area (Å²) in [5, 5.41) is 19.5. The van der Waals surface area contributed by atoms with Gasteiger partial charge in [0.05, 0.1) is 22.5 Å². The van der Waals surface area contributed by atoms with Crippen LogP contribution in [0.4, 0.5) is 4.79 Å². The number of ether oxygens (including phenoxy) is 1. The Morgan fingerprint density at radius 2 is 1.94 bits per heavy atom. The first kappa shape index (κ1) is 26.5. The van der Waals surface area contributed by atoms with Crippen LogP contribution in [0.15, 0.2) is 24.3 Å². The third-order valence-corrected chi connectivity index (χ3v) is 6.53. The normalized spacial score (nSPS) is 20.4. The molecule has 2 atom stereocenters. The van der Waals surface area contributed by atoms with Crippen LogP contribution in [0.5, 0.6) is 0 Å². The lowest BCUT2D eigenvalue weighted by Gasteiger charge is -2.45. The lowest BCUT2D eigenvalue weighted by atomic mass is 9.79. The van der Waals surface area contributed by atoms with Gasteiger partial charge in [-0.15, -0.1) is 0 Å². The van der Waals surface area contributed by atoms with Gasteiger partial charge in [0.1, 0.15) is 0 Å². The zero-order chi connectivity index (χ0) is 25.8. The maximum atomic E-state index is 14.0. The molecule has 10 nitrogen and oxygen atoms in total. The van der Waals surface area contributed by atoms with Gasteiger partial charge >= 0.3 is 12.1 Å². The van der Waals surface area contributed by atoms with Crippen LogP contribution in [0.3, 0.4) is 0 Å². The average molecular weight is 489 g/mol. The second-order valence-corrected chi connectivity index (χ2v) is 10.0. The van der Waals surface area contributed by atoms with E-state index in [-0.39, 0.29) is 37.2 Å². The number of carboxylic acid groups (broad SMARTS) is 2. The van der Waals surface area contributed by atoms with Crippen molar-refractivity contribution in [3.05, 3.63) is 30.1 Å². The number of methoxy groups -OCH3 is 1. The Hall–Kier alpha value is -3.14. The largest absolute Gasteiger partial charge is 0.481 e. The Morgan fingerprint density at radius 1 is 1.23 bits per heavy atom. The zero-order valence-corrected chi connectivity index (χ0v) is 20.9.